The van der Waals surface area contributed by atoms with Crippen LogP contribution in [0.5, 0.6) is 0 Å². The SMILES string of the molecule is N=C(N)C1CCCN(CC2CCC2)C1. The molecule has 0 amide bonds. The predicted octanol–water partition coefficient (Wildman–Crippen LogP) is 1.43. The highest BCUT2D eigenvalue weighted by Crippen LogP contribution is 2.28. The Morgan fingerprint density at radius 1 is 1.29 bits per heavy atom. The van der Waals surface area contributed by atoms with Gasteiger partial charge in [-0.2, -0.15) is 0 Å². The van der Waals surface area contributed by atoms with Crippen LogP contribution in [-0.4, -0.2) is 30.4 Å². The van der Waals surface area contributed by atoms with Crippen molar-refractivity contribution in [1.82, 2.24) is 4.90 Å². The van der Waals surface area contributed by atoms with Gasteiger partial charge in [0.05, 0.1) is 5.84 Å². The smallest absolute Gasteiger partial charge is 0.0949 e. The first kappa shape index (κ1) is 9.97. The van der Waals surface area contributed by atoms with Gasteiger partial charge in [-0.15, -0.1) is 0 Å². The maximum Gasteiger partial charge on any atom is 0.0949 e. The summed E-state index contributed by atoms with van der Waals surface area (Å²) in [7, 11) is 0. The Hall–Kier alpha value is -0.570. The van der Waals surface area contributed by atoms with Crippen LogP contribution in [0.2, 0.25) is 0 Å². The van der Waals surface area contributed by atoms with E-state index in [2.05, 4.69) is 4.90 Å². The number of rotatable bonds is 3. The summed E-state index contributed by atoms with van der Waals surface area (Å²) in [6.45, 7) is 3.51. The molecule has 0 radical (unpaired) electrons. The summed E-state index contributed by atoms with van der Waals surface area (Å²) < 4.78 is 0. The molecule has 1 aliphatic heterocycles. The highest BCUT2D eigenvalue weighted by atomic mass is 15.1. The van der Waals surface area contributed by atoms with E-state index in [4.69, 9.17) is 11.1 Å². The zero-order chi connectivity index (χ0) is 9.97. The van der Waals surface area contributed by atoms with Crippen molar-refractivity contribution in [2.75, 3.05) is 19.6 Å². The Balaban J connectivity index is 1.78. The van der Waals surface area contributed by atoms with Crippen LogP contribution in [0.15, 0.2) is 0 Å². The van der Waals surface area contributed by atoms with Crippen LogP contribution in [0.4, 0.5) is 0 Å². The Morgan fingerprint density at radius 3 is 2.64 bits per heavy atom. The summed E-state index contributed by atoms with van der Waals surface area (Å²) >= 11 is 0. The molecule has 1 saturated carbocycles. The molecule has 0 bridgehead atoms. The molecule has 0 aromatic heterocycles. The molecular weight excluding hydrogens is 174 g/mol. The van der Waals surface area contributed by atoms with Crippen LogP contribution in [0.3, 0.4) is 0 Å². The van der Waals surface area contributed by atoms with Gasteiger partial charge in [0.15, 0.2) is 0 Å². The quantitative estimate of drug-likeness (QED) is 0.529. The summed E-state index contributed by atoms with van der Waals surface area (Å²) in [5.74, 6) is 1.67. The van der Waals surface area contributed by atoms with E-state index >= 15 is 0 Å². The van der Waals surface area contributed by atoms with E-state index in [9.17, 15) is 0 Å². The molecule has 1 aliphatic carbocycles. The van der Waals surface area contributed by atoms with Gasteiger partial charge < -0.3 is 10.6 Å². The zero-order valence-electron chi connectivity index (χ0n) is 8.84. The van der Waals surface area contributed by atoms with Crippen molar-refractivity contribution < 1.29 is 0 Å². The molecule has 1 heterocycles. The first-order valence-electron chi connectivity index (χ1n) is 5.82. The third kappa shape index (κ3) is 2.27. The molecule has 1 unspecified atom stereocenters. The van der Waals surface area contributed by atoms with Crippen molar-refractivity contribution in [3.63, 3.8) is 0 Å². The van der Waals surface area contributed by atoms with Crippen LogP contribution < -0.4 is 5.73 Å². The van der Waals surface area contributed by atoms with E-state index < -0.39 is 0 Å². The minimum Gasteiger partial charge on any atom is -0.387 e. The van der Waals surface area contributed by atoms with E-state index in [-0.39, 0.29) is 0 Å². The van der Waals surface area contributed by atoms with E-state index in [1.807, 2.05) is 0 Å². The number of likely N-dealkylation sites (tertiary alicyclic amines) is 1. The normalized spacial score (nSPS) is 29.9. The highest BCUT2D eigenvalue weighted by Gasteiger charge is 2.26. The summed E-state index contributed by atoms with van der Waals surface area (Å²) in [6.07, 6.45) is 6.60. The maximum atomic E-state index is 7.47. The lowest BCUT2D eigenvalue weighted by atomic mass is 9.84. The second kappa shape index (κ2) is 4.30. The Kier molecular flexibility index (Phi) is 3.06. The van der Waals surface area contributed by atoms with Crippen molar-refractivity contribution >= 4 is 5.84 Å². The van der Waals surface area contributed by atoms with Gasteiger partial charge in [0.1, 0.15) is 0 Å². The first-order chi connectivity index (χ1) is 6.75. The number of piperidine rings is 1. The fourth-order valence-electron chi connectivity index (χ4n) is 2.52. The van der Waals surface area contributed by atoms with E-state index in [1.165, 1.54) is 38.8 Å². The van der Waals surface area contributed by atoms with Crippen molar-refractivity contribution in [3.8, 4) is 0 Å². The minimum atomic E-state index is 0.337. The molecule has 2 fully saturated rings. The lowest BCUT2D eigenvalue weighted by Crippen LogP contribution is -2.43. The maximum absolute atomic E-state index is 7.47. The third-order valence-electron chi connectivity index (χ3n) is 3.69. The monoisotopic (exact) mass is 195 g/mol. The Morgan fingerprint density at radius 2 is 2.07 bits per heavy atom. The zero-order valence-corrected chi connectivity index (χ0v) is 8.84. The predicted molar refractivity (Wildman–Crippen MR) is 58.4 cm³/mol. The van der Waals surface area contributed by atoms with Crippen LogP contribution in [0.1, 0.15) is 32.1 Å². The summed E-state index contributed by atoms with van der Waals surface area (Å²) in [5, 5.41) is 7.47. The number of nitrogens with one attached hydrogen (secondary N) is 1. The van der Waals surface area contributed by atoms with Gasteiger partial charge in [-0.1, -0.05) is 6.42 Å². The van der Waals surface area contributed by atoms with Crippen molar-refractivity contribution in [2.24, 2.45) is 17.6 Å². The molecule has 3 nitrogen and oxygen atoms in total. The van der Waals surface area contributed by atoms with Gasteiger partial charge in [0.2, 0.25) is 0 Å². The van der Waals surface area contributed by atoms with E-state index in [0.29, 0.717) is 11.8 Å². The number of hydrogen-bond acceptors (Lipinski definition) is 2. The molecule has 3 N–H and O–H groups in total. The van der Waals surface area contributed by atoms with E-state index in [1.54, 1.807) is 0 Å². The number of nitrogens with zero attached hydrogens (tertiary/aromatic N) is 1. The average molecular weight is 195 g/mol. The van der Waals surface area contributed by atoms with Crippen molar-refractivity contribution in [1.29, 1.82) is 5.41 Å². The second-order valence-electron chi connectivity index (χ2n) is 4.85. The molecule has 2 aliphatic rings. The Bertz CT molecular complexity index is 211. The summed E-state index contributed by atoms with van der Waals surface area (Å²) in [5.41, 5.74) is 5.56. The fraction of sp³-hybridized carbons (Fsp3) is 0.909. The van der Waals surface area contributed by atoms with Crippen LogP contribution >= 0.6 is 0 Å². The largest absolute Gasteiger partial charge is 0.387 e. The van der Waals surface area contributed by atoms with Gasteiger partial charge in [-0.05, 0) is 38.1 Å². The Labute approximate surface area is 86.2 Å². The molecule has 80 valence electrons. The molecule has 0 spiro atoms. The topological polar surface area (TPSA) is 53.1 Å². The van der Waals surface area contributed by atoms with Crippen molar-refractivity contribution in [2.45, 2.75) is 32.1 Å². The first-order valence-corrected chi connectivity index (χ1v) is 5.82. The highest BCUT2D eigenvalue weighted by molar-refractivity contribution is 5.79. The van der Waals surface area contributed by atoms with Gasteiger partial charge in [0.25, 0.3) is 0 Å². The molecule has 1 saturated heterocycles. The van der Waals surface area contributed by atoms with Crippen LogP contribution in [0, 0.1) is 17.2 Å². The van der Waals surface area contributed by atoms with E-state index in [0.717, 1.165) is 18.9 Å². The molecule has 1 atom stereocenters. The summed E-state index contributed by atoms with van der Waals surface area (Å²) in [4.78, 5) is 2.51. The fourth-order valence-corrected chi connectivity index (χ4v) is 2.52. The molecule has 0 aromatic carbocycles. The van der Waals surface area contributed by atoms with Crippen LogP contribution in [-0.2, 0) is 0 Å². The van der Waals surface area contributed by atoms with Crippen LogP contribution in [0.25, 0.3) is 0 Å². The standard InChI is InChI=1S/C11H21N3/c12-11(13)10-5-2-6-14(8-10)7-9-3-1-4-9/h9-10H,1-8H2,(H3,12,13). The average Bonchev–Trinajstić information content (AvgIpc) is 2.12. The molecule has 14 heavy (non-hydrogen) atoms. The lowest BCUT2D eigenvalue weighted by molar-refractivity contribution is 0.141. The number of hydrogen-bond donors (Lipinski definition) is 2. The van der Waals surface area contributed by atoms with Gasteiger partial charge in [-0.3, -0.25) is 5.41 Å². The second-order valence-corrected chi connectivity index (χ2v) is 4.85. The third-order valence-corrected chi connectivity index (χ3v) is 3.69. The van der Waals surface area contributed by atoms with Gasteiger partial charge in [-0.25, -0.2) is 0 Å². The van der Waals surface area contributed by atoms with Gasteiger partial charge >= 0.3 is 0 Å². The molecular formula is C11H21N3. The lowest BCUT2D eigenvalue weighted by Gasteiger charge is -2.37. The molecule has 0 aromatic rings. The molecule has 2 rings (SSSR count). The number of nitrogens with two attached hydrogens (primary N) is 1. The van der Waals surface area contributed by atoms with Gasteiger partial charge in [0, 0.05) is 19.0 Å². The van der Waals surface area contributed by atoms with Crippen molar-refractivity contribution in [3.05, 3.63) is 0 Å². The minimum absolute atomic E-state index is 0.337. The summed E-state index contributed by atoms with van der Waals surface area (Å²) in [6, 6.07) is 0. The number of amidine groups is 1. The molecule has 3 heteroatoms.